The van der Waals surface area contributed by atoms with Crippen LogP contribution < -0.4 is 10.1 Å². The molecule has 0 spiro atoms. The summed E-state index contributed by atoms with van der Waals surface area (Å²) in [6, 6.07) is 14.0. The van der Waals surface area contributed by atoms with Crippen molar-refractivity contribution in [2.24, 2.45) is 0 Å². The number of methoxy groups -OCH3 is 2. The molecule has 1 N–H and O–H groups in total. The maximum absolute atomic E-state index is 6.01. The smallest absolute Gasteiger partial charge is 0.124 e. The topological polar surface area (TPSA) is 30.5 Å². The van der Waals surface area contributed by atoms with Crippen molar-refractivity contribution in [3.05, 3.63) is 58.6 Å². The number of rotatable bonds is 6. The lowest BCUT2D eigenvalue weighted by Gasteiger charge is -2.18. The molecule has 3 nitrogen and oxygen atoms in total. The first kappa shape index (κ1) is 15.7. The van der Waals surface area contributed by atoms with Crippen LogP contribution in [0.1, 0.15) is 24.1 Å². The number of hydrogen-bond acceptors (Lipinski definition) is 3. The Labute approximate surface area is 130 Å². The molecule has 1 unspecified atom stereocenters. The molecule has 0 aromatic heterocycles. The van der Waals surface area contributed by atoms with Gasteiger partial charge in [-0.15, -0.1) is 0 Å². The summed E-state index contributed by atoms with van der Waals surface area (Å²) in [5.74, 6) is 0.843. The van der Waals surface area contributed by atoms with Crippen LogP contribution in [-0.4, -0.2) is 14.2 Å². The minimum atomic E-state index is 0.157. The number of halogens is 1. The third-order valence-corrected chi connectivity index (χ3v) is 3.55. The van der Waals surface area contributed by atoms with Crippen LogP contribution in [0.2, 0.25) is 5.02 Å². The highest BCUT2D eigenvalue weighted by molar-refractivity contribution is 6.30. The van der Waals surface area contributed by atoms with Crippen molar-refractivity contribution in [3.63, 3.8) is 0 Å². The van der Waals surface area contributed by atoms with Crippen LogP contribution in [0.4, 0.5) is 5.69 Å². The van der Waals surface area contributed by atoms with Crippen molar-refractivity contribution >= 4 is 17.3 Å². The van der Waals surface area contributed by atoms with Gasteiger partial charge < -0.3 is 14.8 Å². The number of benzene rings is 2. The van der Waals surface area contributed by atoms with Gasteiger partial charge in [0.25, 0.3) is 0 Å². The van der Waals surface area contributed by atoms with Gasteiger partial charge in [0, 0.05) is 29.4 Å². The van der Waals surface area contributed by atoms with E-state index in [1.165, 1.54) is 5.56 Å². The predicted molar refractivity (Wildman–Crippen MR) is 87.2 cm³/mol. The van der Waals surface area contributed by atoms with E-state index in [1.807, 2.05) is 30.3 Å². The Bertz CT molecular complexity index is 601. The first-order valence-electron chi connectivity index (χ1n) is 6.82. The van der Waals surface area contributed by atoms with Crippen molar-refractivity contribution in [1.82, 2.24) is 0 Å². The monoisotopic (exact) mass is 305 g/mol. The zero-order valence-corrected chi connectivity index (χ0v) is 13.3. The van der Waals surface area contributed by atoms with E-state index in [0.29, 0.717) is 6.61 Å². The molecule has 0 aliphatic heterocycles. The van der Waals surface area contributed by atoms with E-state index in [9.17, 15) is 0 Å². The van der Waals surface area contributed by atoms with E-state index in [1.54, 1.807) is 14.2 Å². The Balaban J connectivity index is 2.18. The Morgan fingerprint density at radius 1 is 1.14 bits per heavy atom. The quantitative estimate of drug-likeness (QED) is 0.841. The number of anilines is 1. The normalized spacial score (nSPS) is 12.0. The maximum atomic E-state index is 6.01. The molecule has 0 bridgehead atoms. The van der Waals surface area contributed by atoms with E-state index in [2.05, 4.69) is 24.4 Å². The molecule has 21 heavy (non-hydrogen) atoms. The molecule has 0 saturated heterocycles. The summed E-state index contributed by atoms with van der Waals surface area (Å²) >= 11 is 6.01. The number of ether oxygens (including phenoxy) is 2. The van der Waals surface area contributed by atoms with E-state index < -0.39 is 0 Å². The summed E-state index contributed by atoms with van der Waals surface area (Å²) in [6.45, 7) is 2.64. The van der Waals surface area contributed by atoms with Gasteiger partial charge in [-0.2, -0.15) is 0 Å². The van der Waals surface area contributed by atoms with E-state index >= 15 is 0 Å². The third-order valence-electron chi connectivity index (χ3n) is 3.31. The third kappa shape index (κ3) is 4.13. The highest BCUT2D eigenvalue weighted by Gasteiger charge is 2.10. The molecular weight excluding hydrogens is 286 g/mol. The molecule has 112 valence electrons. The van der Waals surface area contributed by atoms with Gasteiger partial charge in [-0.1, -0.05) is 23.7 Å². The number of hydrogen-bond donors (Lipinski definition) is 1. The SMILES string of the molecule is COCc1cc(C(C)Nc2cccc(Cl)c2)ccc1OC. The standard InChI is InChI=1S/C17H20ClNO2/c1-12(19-16-6-4-5-15(18)10-16)13-7-8-17(21-3)14(9-13)11-20-2/h4-10,12,19H,11H2,1-3H3. The van der Waals surface area contributed by atoms with Crippen LogP contribution in [0.25, 0.3) is 0 Å². The molecule has 2 rings (SSSR count). The van der Waals surface area contributed by atoms with Gasteiger partial charge >= 0.3 is 0 Å². The molecule has 0 fully saturated rings. The fraction of sp³-hybridized carbons (Fsp3) is 0.294. The first-order chi connectivity index (χ1) is 10.1. The molecule has 2 aromatic carbocycles. The molecule has 0 radical (unpaired) electrons. The van der Waals surface area contributed by atoms with Gasteiger partial charge in [-0.3, -0.25) is 0 Å². The highest BCUT2D eigenvalue weighted by Crippen LogP contribution is 2.26. The van der Waals surface area contributed by atoms with Gasteiger partial charge in [0.2, 0.25) is 0 Å². The Hall–Kier alpha value is -1.71. The zero-order valence-electron chi connectivity index (χ0n) is 12.5. The average molecular weight is 306 g/mol. The van der Waals surface area contributed by atoms with E-state index in [-0.39, 0.29) is 6.04 Å². The lowest BCUT2D eigenvalue weighted by Crippen LogP contribution is -2.07. The van der Waals surface area contributed by atoms with Crippen molar-refractivity contribution < 1.29 is 9.47 Å². The molecular formula is C17H20ClNO2. The first-order valence-corrected chi connectivity index (χ1v) is 7.19. The lowest BCUT2D eigenvalue weighted by molar-refractivity contribution is 0.181. The molecule has 0 saturated carbocycles. The van der Waals surface area contributed by atoms with E-state index in [0.717, 1.165) is 22.0 Å². The van der Waals surface area contributed by atoms with Crippen molar-refractivity contribution in [2.45, 2.75) is 19.6 Å². The summed E-state index contributed by atoms with van der Waals surface area (Å²) in [7, 11) is 3.35. The molecule has 4 heteroatoms. The van der Waals surface area contributed by atoms with Crippen LogP contribution in [0, 0.1) is 0 Å². The van der Waals surface area contributed by atoms with Crippen molar-refractivity contribution in [1.29, 1.82) is 0 Å². The van der Waals surface area contributed by atoms with Crippen LogP contribution in [0.5, 0.6) is 5.75 Å². The average Bonchev–Trinajstić information content (AvgIpc) is 2.47. The van der Waals surface area contributed by atoms with Gasteiger partial charge in [-0.05, 0) is 42.8 Å². The van der Waals surface area contributed by atoms with Crippen molar-refractivity contribution in [2.75, 3.05) is 19.5 Å². The van der Waals surface area contributed by atoms with Crippen molar-refractivity contribution in [3.8, 4) is 5.75 Å². The van der Waals surface area contributed by atoms with Crippen LogP contribution in [-0.2, 0) is 11.3 Å². The Morgan fingerprint density at radius 2 is 1.95 bits per heavy atom. The van der Waals surface area contributed by atoms with Gasteiger partial charge in [0.15, 0.2) is 0 Å². The van der Waals surface area contributed by atoms with Gasteiger partial charge in [-0.25, -0.2) is 0 Å². The van der Waals surface area contributed by atoms with Crippen LogP contribution in [0.15, 0.2) is 42.5 Å². The fourth-order valence-corrected chi connectivity index (χ4v) is 2.44. The molecule has 0 aliphatic carbocycles. The van der Waals surface area contributed by atoms with Gasteiger partial charge in [0.05, 0.1) is 13.7 Å². The predicted octanol–water partition coefficient (Wildman–Crippen LogP) is 4.67. The fourth-order valence-electron chi connectivity index (χ4n) is 2.25. The second-order valence-corrected chi connectivity index (χ2v) is 5.32. The second kappa shape index (κ2) is 7.34. The number of nitrogens with one attached hydrogen (secondary N) is 1. The van der Waals surface area contributed by atoms with Crippen LogP contribution >= 0.6 is 11.6 Å². The summed E-state index contributed by atoms with van der Waals surface area (Å²) in [5.41, 5.74) is 3.21. The summed E-state index contributed by atoms with van der Waals surface area (Å²) < 4.78 is 10.6. The van der Waals surface area contributed by atoms with Crippen LogP contribution in [0.3, 0.4) is 0 Å². The summed E-state index contributed by atoms with van der Waals surface area (Å²) in [4.78, 5) is 0. The maximum Gasteiger partial charge on any atom is 0.124 e. The lowest BCUT2D eigenvalue weighted by atomic mass is 10.0. The molecule has 2 aromatic rings. The molecule has 0 heterocycles. The zero-order chi connectivity index (χ0) is 15.2. The molecule has 0 amide bonds. The van der Waals surface area contributed by atoms with E-state index in [4.69, 9.17) is 21.1 Å². The highest BCUT2D eigenvalue weighted by atomic mass is 35.5. The summed E-state index contributed by atoms with van der Waals surface area (Å²) in [6.07, 6.45) is 0. The second-order valence-electron chi connectivity index (χ2n) is 4.88. The summed E-state index contributed by atoms with van der Waals surface area (Å²) in [5, 5.41) is 4.16. The minimum absolute atomic E-state index is 0.157. The van der Waals surface area contributed by atoms with Gasteiger partial charge in [0.1, 0.15) is 5.75 Å². The Morgan fingerprint density at radius 3 is 2.62 bits per heavy atom. The molecule has 0 aliphatic rings. The minimum Gasteiger partial charge on any atom is -0.496 e. The molecule has 1 atom stereocenters. The Kier molecular flexibility index (Phi) is 5.48. The largest absolute Gasteiger partial charge is 0.496 e.